The first-order valence-corrected chi connectivity index (χ1v) is 9.91. The molecule has 0 radical (unpaired) electrons. The number of carbonyl (C=O) groups is 2. The van der Waals surface area contributed by atoms with Crippen molar-refractivity contribution in [1.82, 2.24) is 5.32 Å². The van der Waals surface area contributed by atoms with E-state index in [-0.39, 0.29) is 24.4 Å². The van der Waals surface area contributed by atoms with Gasteiger partial charge in [0.05, 0.1) is 24.6 Å². The van der Waals surface area contributed by atoms with E-state index in [0.29, 0.717) is 5.56 Å². The summed E-state index contributed by atoms with van der Waals surface area (Å²) in [5.41, 5.74) is -1.15. The molecule has 2 aromatic carbocycles. The van der Waals surface area contributed by atoms with Crippen molar-refractivity contribution in [3.8, 4) is 5.75 Å². The molecule has 0 amide bonds. The fraction of sp³-hybridized carbons (Fsp3) is 0.391. The number of carbonyl (C=O) groups excluding carboxylic acids is 2. The number of hydrogen-bond acceptors (Lipinski definition) is 6. The number of alkyl halides is 3. The Morgan fingerprint density at radius 1 is 1.00 bits per heavy atom. The summed E-state index contributed by atoms with van der Waals surface area (Å²) >= 11 is 0. The van der Waals surface area contributed by atoms with Gasteiger partial charge >= 0.3 is 18.1 Å². The van der Waals surface area contributed by atoms with Crippen molar-refractivity contribution in [2.24, 2.45) is 0 Å². The molecular weight excluding hydrogens is 427 g/mol. The minimum absolute atomic E-state index is 0.0660. The van der Waals surface area contributed by atoms with Crippen molar-refractivity contribution in [1.29, 1.82) is 0 Å². The Bertz CT molecular complexity index is 920. The van der Waals surface area contributed by atoms with Crippen molar-refractivity contribution in [2.45, 2.75) is 45.1 Å². The Hall–Kier alpha value is -2.91. The smallest absolute Gasteiger partial charge is 0.416 e. The quantitative estimate of drug-likeness (QED) is 0.467. The van der Waals surface area contributed by atoms with Gasteiger partial charge in [0.25, 0.3) is 0 Å². The summed E-state index contributed by atoms with van der Waals surface area (Å²) in [6.45, 7) is 5.28. The minimum atomic E-state index is -4.56. The van der Waals surface area contributed by atoms with Crippen molar-refractivity contribution < 1.29 is 37.3 Å². The van der Waals surface area contributed by atoms with Crippen LogP contribution >= 0.6 is 0 Å². The summed E-state index contributed by atoms with van der Waals surface area (Å²) in [6.07, 6.45) is -6.03. The second-order valence-corrected chi connectivity index (χ2v) is 8.11. The maximum absolute atomic E-state index is 13.0. The molecule has 174 valence electrons. The van der Waals surface area contributed by atoms with Gasteiger partial charge in [0, 0.05) is 6.54 Å². The summed E-state index contributed by atoms with van der Waals surface area (Å²) in [5.74, 6) is -1.15. The number of esters is 2. The van der Waals surface area contributed by atoms with Crippen LogP contribution in [0.3, 0.4) is 0 Å². The molecule has 1 unspecified atom stereocenters. The van der Waals surface area contributed by atoms with E-state index in [4.69, 9.17) is 9.47 Å². The van der Waals surface area contributed by atoms with E-state index in [9.17, 15) is 27.9 Å². The first-order valence-electron chi connectivity index (χ1n) is 9.91. The van der Waals surface area contributed by atoms with Gasteiger partial charge in [0.1, 0.15) is 11.4 Å². The molecule has 0 aliphatic heterocycles. The predicted molar refractivity (Wildman–Crippen MR) is 111 cm³/mol. The second-order valence-electron chi connectivity index (χ2n) is 8.11. The number of aliphatic hydroxyl groups is 1. The van der Waals surface area contributed by atoms with Crippen LogP contribution in [0.4, 0.5) is 13.2 Å². The molecule has 2 aromatic rings. The van der Waals surface area contributed by atoms with Crippen molar-refractivity contribution >= 4 is 11.9 Å². The number of hydrogen-bond donors (Lipinski definition) is 2. The number of ether oxygens (including phenoxy) is 2. The molecule has 9 heteroatoms. The number of aliphatic hydroxyl groups excluding tert-OH is 1. The van der Waals surface area contributed by atoms with Gasteiger partial charge in [-0.05, 0) is 50.1 Å². The van der Waals surface area contributed by atoms with Gasteiger partial charge < -0.3 is 19.9 Å². The molecule has 0 aromatic heterocycles. The van der Waals surface area contributed by atoms with Gasteiger partial charge in [-0.1, -0.05) is 30.3 Å². The van der Waals surface area contributed by atoms with Gasteiger partial charge in [-0.25, -0.2) is 0 Å². The lowest BCUT2D eigenvalue weighted by Gasteiger charge is -2.20. The first-order chi connectivity index (χ1) is 14.8. The molecule has 6 nitrogen and oxygen atoms in total. The van der Waals surface area contributed by atoms with Gasteiger partial charge in [0.2, 0.25) is 0 Å². The average molecular weight is 453 g/mol. The zero-order valence-electron chi connectivity index (χ0n) is 18.0. The van der Waals surface area contributed by atoms with E-state index in [0.717, 1.165) is 6.07 Å². The summed E-state index contributed by atoms with van der Waals surface area (Å²) in [4.78, 5) is 23.7. The highest BCUT2D eigenvalue weighted by Gasteiger charge is 2.33. The molecule has 0 aliphatic carbocycles. The van der Waals surface area contributed by atoms with E-state index < -0.39 is 41.8 Å². The van der Waals surface area contributed by atoms with E-state index >= 15 is 0 Å². The third kappa shape index (κ3) is 8.32. The molecule has 0 saturated carbocycles. The lowest BCUT2D eigenvalue weighted by molar-refractivity contribution is -0.153. The molecule has 0 heterocycles. The highest BCUT2D eigenvalue weighted by Crippen LogP contribution is 2.32. The van der Waals surface area contributed by atoms with Gasteiger partial charge in [0.15, 0.2) is 0 Å². The Kier molecular flexibility index (Phi) is 8.40. The van der Waals surface area contributed by atoms with Gasteiger partial charge in [-0.3, -0.25) is 9.59 Å². The van der Waals surface area contributed by atoms with Crippen LogP contribution in [0.1, 0.15) is 43.6 Å². The minimum Gasteiger partial charge on any atom is -0.459 e. The SMILES string of the molecule is CC(C)(C)OC(=O)CNCC(O)c1ccc(OC(=O)Cc2ccccc2C(F)(F)F)cc1. The normalized spacial score (nSPS) is 12.8. The lowest BCUT2D eigenvalue weighted by atomic mass is 10.0. The number of halogens is 3. The fourth-order valence-electron chi connectivity index (χ4n) is 2.84. The largest absolute Gasteiger partial charge is 0.459 e. The van der Waals surface area contributed by atoms with E-state index in [1.807, 2.05) is 0 Å². The monoisotopic (exact) mass is 453 g/mol. The van der Waals surface area contributed by atoms with Gasteiger partial charge in [-0.15, -0.1) is 0 Å². The highest BCUT2D eigenvalue weighted by atomic mass is 19.4. The third-order valence-corrected chi connectivity index (χ3v) is 4.18. The van der Waals surface area contributed by atoms with Crippen LogP contribution in [0.2, 0.25) is 0 Å². The molecular formula is C23H26F3NO5. The summed E-state index contributed by atoms with van der Waals surface area (Å²) < 4.78 is 49.4. The lowest BCUT2D eigenvalue weighted by Crippen LogP contribution is -2.33. The van der Waals surface area contributed by atoms with Crippen LogP contribution in [0.25, 0.3) is 0 Å². The highest BCUT2D eigenvalue weighted by molar-refractivity contribution is 5.75. The number of rotatable bonds is 8. The number of nitrogens with one attached hydrogen (secondary N) is 1. The molecule has 2 N–H and O–H groups in total. The van der Waals surface area contributed by atoms with Crippen LogP contribution in [0.15, 0.2) is 48.5 Å². The summed E-state index contributed by atoms with van der Waals surface area (Å²) in [6, 6.07) is 10.7. The molecule has 0 spiro atoms. The summed E-state index contributed by atoms with van der Waals surface area (Å²) in [7, 11) is 0. The Morgan fingerprint density at radius 2 is 1.62 bits per heavy atom. The standard InChI is InChI=1S/C23H26F3NO5/c1-22(2,3)32-21(30)14-27-13-19(28)15-8-10-17(11-9-15)31-20(29)12-16-6-4-5-7-18(16)23(24,25)26/h4-11,19,27-28H,12-14H2,1-3H3. The first kappa shape index (κ1) is 25.4. The third-order valence-electron chi connectivity index (χ3n) is 4.18. The predicted octanol–water partition coefficient (Wildman–Crippen LogP) is 3.82. The van der Waals surface area contributed by atoms with Crippen molar-refractivity contribution in [2.75, 3.05) is 13.1 Å². The Morgan fingerprint density at radius 3 is 2.22 bits per heavy atom. The van der Waals surface area contributed by atoms with Crippen LogP contribution in [0, 0.1) is 0 Å². The zero-order valence-corrected chi connectivity index (χ0v) is 18.0. The van der Waals surface area contributed by atoms with Gasteiger partial charge in [-0.2, -0.15) is 13.2 Å². The van der Waals surface area contributed by atoms with Crippen LogP contribution in [0.5, 0.6) is 5.75 Å². The van der Waals surface area contributed by atoms with E-state index in [1.54, 1.807) is 20.8 Å². The molecule has 0 bridgehead atoms. The summed E-state index contributed by atoms with van der Waals surface area (Å²) in [5, 5.41) is 13.0. The maximum Gasteiger partial charge on any atom is 0.416 e. The molecule has 2 rings (SSSR count). The topological polar surface area (TPSA) is 84.9 Å². The second kappa shape index (κ2) is 10.6. The molecule has 32 heavy (non-hydrogen) atoms. The van der Waals surface area contributed by atoms with Crippen molar-refractivity contribution in [3.05, 3.63) is 65.2 Å². The average Bonchev–Trinajstić information content (AvgIpc) is 2.66. The van der Waals surface area contributed by atoms with Crippen LogP contribution in [-0.2, 0) is 26.9 Å². The molecule has 1 atom stereocenters. The fourth-order valence-corrected chi connectivity index (χ4v) is 2.84. The van der Waals surface area contributed by atoms with Crippen molar-refractivity contribution in [3.63, 3.8) is 0 Å². The Labute approximate surface area is 184 Å². The van der Waals surface area contributed by atoms with E-state index in [1.165, 1.54) is 42.5 Å². The molecule has 0 saturated heterocycles. The Balaban J connectivity index is 1.87. The maximum atomic E-state index is 13.0. The molecule has 0 aliphatic rings. The van der Waals surface area contributed by atoms with Crippen LogP contribution in [-0.4, -0.2) is 35.7 Å². The zero-order chi connectivity index (χ0) is 23.9. The molecule has 0 fully saturated rings. The number of benzene rings is 2. The van der Waals surface area contributed by atoms with E-state index in [2.05, 4.69) is 5.32 Å². The van der Waals surface area contributed by atoms with Crippen LogP contribution < -0.4 is 10.1 Å².